The van der Waals surface area contributed by atoms with Crippen molar-refractivity contribution in [1.82, 2.24) is 10.2 Å². The number of piperidine rings is 1. The summed E-state index contributed by atoms with van der Waals surface area (Å²) in [5, 5.41) is 3.55. The van der Waals surface area contributed by atoms with Gasteiger partial charge in [-0.15, -0.1) is 0 Å². The van der Waals surface area contributed by atoms with Crippen LogP contribution in [0.25, 0.3) is 0 Å². The molecule has 102 valence electrons. The smallest absolute Gasteiger partial charge is 0.00871 e. The number of hydrogen-bond acceptors (Lipinski definition) is 2. The third kappa shape index (κ3) is 4.26. The molecular weight excluding hydrogens is 208 g/mol. The molecule has 0 radical (unpaired) electrons. The second kappa shape index (κ2) is 6.19. The van der Waals surface area contributed by atoms with E-state index in [9.17, 15) is 0 Å². The Balaban J connectivity index is 2.52. The Bertz CT molecular complexity index is 217. The van der Waals surface area contributed by atoms with E-state index in [2.05, 4.69) is 51.9 Å². The molecule has 1 aliphatic heterocycles. The molecule has 1 heterocycles. The van der Waals surface area contributed by atoms with Crippen molar-refractivity contribution in [3.05, 3.63) is 0 Å². The first-order valence-corrected chi connectivity index (χ1v) is 7.25. The Hall–Kier alpha value is -0.0800. The van der Waals surface area contributed by atoms with Crippen LogP contribution in [0, 0.1) is 17.3 Å². The zero-order valence-electron chi connectivity index (χ0n) is 12.7. The Morgan fingerprint density at radius 1 is 1.29 bits per heavy atom. The molecule has 1 saturated heterocycles. The molecule has 2 heteroatoms. The fraction of sp³-hybridized carbons (Fsp3) is 1.00. The van der Waals surface area contributed by atoms with Crippen molar-refractivity contribution < 1.29 is 0 Å². The van der Waals surface area contributed by atoms with Gasteiger partial charge in [0.1, 0.15) is 0 Å². The Morgan fingerprint density at radius 2 is 1.94 bits per heavy atom. The molecule has 0 amide bonds. The average Bonchev–Trinajstić information content (AvgIpc) is 2.28. The van der Waals surface area contributed by atoms with E-state index in [4.69, 9.17) is 0 Å². The Kier molecular flexibility index (Phi) is 5.46. The molecule has 2 unspecified atom stereocenters. The first-order valence-electron chi connectivity index (χ1n) is 7.25. The fourth-order valence-corrected chi connectivity index (χ4v) is 2.94. The van der Waals surface area contributed by atoms with Gasteiger partial charge in [0, 0.05) is 12.6 Å². The quantitative estimate of drug-likeness (QED) is 0.795. The van der Waals surface area contributed by atoms with Crippen LogP contribution in [0.1, 0.15) is 47.5 Å². The van der Waals surface area contributed by atoms with Gasteiger partial charge in [-0.3, -0.25) is 0 Å². The van der Waals surface area contributed by atoms with Crippen molar-refractivity contribution in [2.45, 2.75) is 53.5 Å². The summed E-state index contributed by atoms with van der Waals surface area (Å²) in [6.07, 6.45) is 2.74. The highest BCUT2D eigenvalue weighted by atomic mass is 15.1. The van der Waals surface area contributed by atoms with Crippen LogP contribution in [0.15, 0.2) is 0 Å². The summed E-state index contributed by atoms with van der Waals surface area (Å²) in [7, 11) is 2.28. The number of nitrogens with one attached hydrogen (secondary N) is 1. The van der Waals surface area contributed by atoms with E-state index < -0.39 is 0 Å². The van der Waals surface area contributed by atoms with Crippen LogP contribution in [-0.2, 0) is 0 Å². The molecule has 2 nitrogen and oxygen atoms in total. The van der Waals surface area contributed by atoms with Crippen molar-refractivity contribution in [2.24, 2.45) is 17.3 Å². The van der Waals surface area contributed by atoms with Crippen molar-refractivity contribution in [3.8, 4) is 0 Å². The molecule has 0 saturated carbocycles. The van der Waals surface area contributed by atoms with Crippen molar-refractivity contribution in [2.75, 3.05) is 26.7 Å². The molecule has 2 atom stereocenters. The molecule has 1 fully saturated rings. The van der Waals surface area contributed by atoms with E-state index in [1.807, 2.05) is 0 Å². The zero-order valence-corrected chi connectivity index (χ0v) is 12.7. The predicted molar refractivity (Wildman–Crippen MR) is 76.3 cm³/mol. The minimum absolute atomic E-state index is 0.422. The lowest BCUT2D eigenvalue weighted by molar-refractivity contribution is 0.0830. The normalized spacial score (nSPS) is 24.4. The average molecular weight is 240 g/mol. The highest BCUT2D eigenvalue weighted by Gasteiger charge is 2.32. The number of hydrogen-bond donors (Lipinski definition) is 1. The maximum Gasteiger partial charge on any atom is 0.00871 e. The lowest BCUT2D eigenvalue weighted by Gasteiger charge is -2.42. The molecule has 0 spiro atoms. The maximum absolute atomic E-state index is 3.55. The highest BCUT2D eigenvalue weighted by Crippen LogP contribution is 2.33. The van der Waals surface area contributed by atoms with Crippen LogP contribution in [0.4, 0.5) is 0 Å². The van der Waals surface area contributed by atoms with E-state index in [0.717, 1.165) is 11.8 Å². The van der Waals surface area contributed by atoms with Crippen LogP contribution >= 0.6 is 0 Å². The van der Waals surface area contributed by atoms with Gasteiger partial charge in [0.25, 0.3) is 0 Å². The van der Waals surface area contributed by atoms with E-state index in [-0.39, 0.29) is 0 Å². The number of nitrogens with zero attached hydrogens (tertiary/aromatic N) is 1. The number of rotatable bonds is 5. The van der Waals surface area contributed by atoms with Crippen molar-refractivity contribution in [3.63, 3.8) is 0 Å². The first kappa shape index (κ1) is 15.0. The maximum atomic E-state index is 3.55. The highest BCUT2D eigenvalue weighted by molar-refractivity contribution is 4.86. The molecule has 1 aliphatic rings. The minimum Gasteiger partial charge on any atom is -0.316 e. The van der Waals surface area contributed by atoms with Gasteiger partial charge in [0.05, 0.1) is 0 Å². The summed E-state index contributed by atoms with van der Waals surface area (Å²) >= 11 is 0. The van der Waals surface area contributed by atoms with Crippen LogP contribution in [0.3, 0.4) is 0 Å². The summed E-state index contributed by atoms with van der Waals surface area (Å²) in [6.45, 7) is 15.5. The van der Waals surface area contributed by atoms with E-state index >= 15 is 0 Å². The van der Waals surface area contributed by atoms with E-state index in [1.54, 1.807) is 0 Å². The lowest BCUT2D eigenvalue weighted by atomic mass is 9.74. The second-order valence-electron chi connectivity index (χ2n) is 6.93. The van der Waals surface area contributed by atoms with Crippen LogP contribution in [0.5, 0.6) is 0 Å². The predicted octanol–water partition coefficient (Wildman–Crippen LogP) is 2.99. The van der Waals surface area contributed by atoms with Crippen molar-refractivity contribution >= 4 is 0 Å². The standard InChI is InChI=1S/C15H32N2/c1-12(2)13(3)17(6)11-15(4,5)14-8-7-9-16-10-14/h12-14,16H,7-11H2,1-6H3. The third-order valence-corrected chi connectivity index (χ3v) is 4.72. The summed E-state index contributed by atoms with van der Waals surface area (Å²) in [5.74, 6) is 1.57. The molecule has 0 aliphatic carbocycles. The van der Waals surface area contributed by atoms with Gasteiger partial charge >= 0.3 is 0 Å². The Labute approximate surface area is 108 Å². The van der Waals surface area contributed by atoms with Crippen LogP contribution in [-0.4, -0.2) is 37.6 Å². The molecule has 0 aromatic rings. The van der Waals surface area contributed by atoms with Crippen LogP contribution in [0.2, 0.25) is 0 Å². The fourth-order valence-electron chi connectivity index (χ4n) is 2.94. The summed E-state index contributed by atoms with van der Waals surface area (Å²) in [5.41, 5.74) is 0.422. The molecule has 1 rings (SSSR count). The van der Waals surface area contributed by atoms with Crippen molar-refractivity contribution in [1.29, 1.82) is 0 Å². The molecule has 0 aromatic heterocycles. The summed E-state index contributed by atoms with van der Waals surface area (Å²) in [6, 6.07) is 0.672. The summed E-state index contributed by atoms with van der Waals surface area (Å²) in [4.78, 5) is 2.54. The SMILES string of the molecule is CC(C)C(C)N(C)CC(C)(C)C1CCCNC1. The second-order valence-corrected chi connectivity index (χ2v) is 6.93. The zero-order chi connectivity index (χ0) is 13.1. The van der Waals surface area contributed by atoms with Gasteiger partial charge in [-0.2, -0.15) is 0 Å². The first-order chi connectivity index (χ1) is 7.84. The van der Waals surface area contributed by atoms with Gasteiger partial charge in [-0.05, 0) is 57.2 Å². The van der Waals surface area contributed by atoms with E-state index in [1.165, 1.54) is 32.5 Å². The molecule has 1 N–H and O–H groups in total. The van der Waals surface area contributed by atoms with Gasteiger partial charge in [-0.1, -0.05) is 27.7 Å². The lowest BCUT2D eigenvalue weighted by Crippen LogP contribution is -2.46. The molecular formula is C15H32N2. The minimum atomic E-state index is 0.422. The van der Waals surface area contributed by atoms with Gasteiger partial charge in [0.15, 0.2) is 0 Å². The molecule has 0 aromatic carbocycles. The monoisotopic (exact) mass is 240 g/mol. The Morgan fingerprint density at radius 3 is 2.41 bits per heavy atom. The summed E-state index contributed by atoms with van der Waals surface area (Å²) < 4.78 is 0. The third-order valence-electron chi connectivity index (χ3n) is 4.72. The molecule has 17 heavy (non-hydrogen) atoms. The van der Waals surface area contributed by atoms with Gasteiger partial charge in [-0.25, -0.2) is 0 Å². The van der Waals surface area contributed by atoms with E-state index in [0.29, 0.717) is 11.5 Å². The van der Waals surface area contributed by atoms with Gasteiger partial charge in [0.2, 0.25) is 0 Å². The topological polar surface area (TPSA) is 15.3 Å². The largest absolute Gasteiger partial charge is 0.316 e. The van der Waals surface area contributed by atoms with Gasteiger partial charge < -0.3 is 10.2 Å². The molecule has 0 bridgehead atoms. The van der Waals surface area contributed by atoms with Crippen LogP contribution < -0.4 is 5.32 Å².